The largest absolute Gasteiger partial charge is 0.461 e. The average molecular weight is 222 g/mol. The first kappa shape index (κ1) is 10.6. The first-order chi connectivity index (χ1) is 7.61. The van der Waals surface area contributed by atoms with Crippen LogP contribution in [0.25, 0.3) is 11.0 Å². The highest BCUT2D eigenvalue weighted by Crippen LogP contribution is 2.18. The Kier molecular flexibility index (Phi) is 2.60. The molecule has 2 aromatic rings. The molecule has 84 valence electrons. The molecule has 0 unspecified atom stereocenters. The Morgan fingerprint density at radius 2 is 2.31 bits per heavy atom. The van der Waals surface area contributed by atoms with Crippen LogP contribution in [-0.4, -0.2) is 22.5 Å². The van der Waals surface area contributed by atoms with Crippen LogP contribution in [0.1, 0.15) is 23.1 Å². The molecule has 0 aliphatic carbocycles. The minimum atomic E-state index is -0.502. The summed E-state index contributed by atoms with van der Waals surface area (Å²) in [5, 5.41) is 0.300. The van der Waals surface area contributed by atoms with Gasteiger partial charge in [0.2, 0.25) is 0 Å². The third-order valence-electron chi connectivity index (χ3n) is 2.17. The van der Waals surface area contributed by atoms with Gasteiger partial charge in [-0.1, -0.05) is 0 Å². The summed E-state index contributed by atoms with van der Waals surface area (Å²) in [6, 6.07) is 2.74. The number of nitrogens with zero attached hydrogens (tertiary/aromatic N) is 1. The zero-order chi connectivity index (χ0) is 11.7. The Morgan fingerprint density at radius 1 is 1.56 bits per heavy atom. The molecule has 0 aromatic carbocycles. The molecular formula is C11H11FN2O2. The second kappa shape index (κ2) is 3.92. The number of pyridine rings is 1. The van der Waals surface area contributed by atoms with Gasteiger partial charge < -0.3 is 9.72 Å². The average Bonchev–Trinajstić information content (AvgIpc) is 2.62. The lowest BCUT2D eigenvalue weighted by molar-refractivity contribution is 0.0520. The van der Waals surface area contributed by atoms with Crippen LogP contribution in [0.4, 0.5) is 4.39 Å². The highest BCUT2D eigenvalue weighted by atomic mass is 19.1. The van der Waals surface area contributed by atoms with Crippen molar-refractivity contribution in [2.24, 2.45) is 0 Å². The maximum Gasteiger partial charge on any atom is 0.354 e. The maximum atomic E-state index is 13.5. The van der Waals surface area contributed by atoms with Gasteiger partial charge in [-0.05, 0) is 26.0 Å². The predicted octanol–water partition coefficient (Wildman–Crippen LogP) is 2.19. The number of carbonyl (C=O) groups excluding carboxylic acids is 1. The molecule has 0 saturated heterocycles. The van der Waals surface area contributed by atoms with E-state index in [4.69, 9.17) is 4.74 Å². The molecule has 2 aromatic heterocycles. The number of aromatic amines is 1. The van der Waals surface area contributed by atoms with Gasteiger partial charge in [-0.2, -0.15) is 0 Å². The summed E-state index contributed by atoms with van der Waals surface area (Å²) in [5.74, 6) is -0.896. The Hall–Kier alpha value is -1.91. The number of carbonyl (C=O) groups is 1. The predicted molar refractivity (Wildman–Crippen MR) is 56.7 cm³/mol. The molecule has 0 aliphatic heterocycles. The van der Waals surface area contributed by atoms with Crippen molar-refractivity contribution in [2.45, 2.75) is 13.8 Å². The molecule has 5 heteroatoms. The zero-order valence-corrected chi connectivity index (χ0v) is 9.00. The molecule has 0 bridgehead atoms. The topological polar surface area (TPSA) is 55.0 Å². The summed E-state index contributed by atoms with van der Waals surface area (Å²) in [5.41, 5.74) is 1.14. The van der Waals surface area contributed by atoms with Gasteiger partial charge in [0.15, 0.2) is 0 Å². The van der Waals surface area contributed by atoms with E-state index in [0.717, 1.165) is 0 Å². The second-order valence-electron chi connectivity index (χ2n) is 3.41. The number of esters is 1. The van der Waals surface area contributed by atoms with E-state index in [1.54, 1.807) is 13.8 Å². The number of aryl methyl sites for hydroxylation is 1. The lowest BCUT2D eigenvalue weighted by Crippen LogP contribution is -2.04. The molecule has 0 radical (unpaired) electrons. The molecule has 0 fully saturated rings. The SMILES string of the molecule is CCOC(=O)c1cc2c(F)cc(C)nc2[nH]1. The van der Waals surface area contributed by atoms with Gasteiger partial charge in [-0.3, -0.25) is 0 Å². The van der Waals surface area contributed by atoms with E-state index < -0.39 is 11.8 Å². The number of H-pyrrole nitrogens is 1. The third-order valence-corrected chi connectivity index (χ3v) is 2.17. The Labute approximate surface area is 91.4 Å². The van der Waals surface area contributed by atoms with Crippen LogP contribution in [0.5, 0.6) is 0 Å². The summed E-state index contributed by atoms with van der Waals surface area (Å²) in [4.78, 5) is 18.2. The van der Waals surface area contributed by atoms with Crippen molar-refractivity contribution in [3.05, 3.63) is 29.3 Å². The second-order valence-corrected chi connectivity index (χ2v) is 3.41. The van der Waals surface area contributed by atoms with Gasteiger partial charge in [0.1, 0.15) is 17.2 Å². The number of hydrogen-bond donors (Lipinski definition) is 1. The molecule has 2 heterocycles. The van der Waals surface area contributed by atoms with Crippen LogP contribution in [0, 0.1) is 12.7 Å². The molecule has 0 amide bonds. The van der Waals surface area contributed by atoms with Crippen molar-refractivity contribution in [3.63, 3.8) is 0 Å². The Balaban J connectivity index is 2.51. The van der Waals surface area contributed by atoms with E-state index in [9.17, 15) is 9.18 Å². The van der Waals surface area contributed by atoms with Gasteiger partial charge in [-0.25, -0.2) is 14.2 Å². The van der Waals surface area contributed by atoms with Gasteiger partial charge >= 0.3 is 5.97 Å². The molecular weight excluding hydrogens is 211 g/mol. The number of rotatable bonds is 2. The number of hydrogen-bond acceptors (Lipinski definition) is 3. The Morgan fingerprint density at radius 3 is 3.00 bits per heavy atom. The minimum Gasteiger partial charge on any atom is -0.461 e. The van der Waals surface area contributed by atoms with Crippen LogP contribution < -0.4 is 0 Å². The lowest BCUT2D eigenvalue weighted by atomic mass is 10.3. The van der Waals surface area contributed by atoms with E-state index in [-0.39, 0.29) is 12.3 Å². The summed E-state index contributed by atoms with van der Waals surface area (Å²) >= 11 is 0. The standard InChI is InChI=1S/C11H11FN2O2/c1-3-16-11(15)9-5-7-8(12)4-6(2)13-10(7)14-9/h4-5H,3H2,1-2H3,(H,13,14). The molecule has 0 atom stereocenters. The fraction of sp³-hybridized carbons (Fsp3) is 0.273. The van der Waals surface area contributed by atoms with Crippen molar-refractivity contribution >= 4 is 17.0 Å². The quantitative estimate of drug-likeness (QED) is 0.792. The van der Waals surface area contributed by atoms with E-state index in [1.165, 1.54) is 12.1 Å². The minimum absolute atomic E-state index is 0.217. The number of halogens is 1. The van der Waals surface area contributed by atoms with E-state index in [0.29, 0.717) is 16.7 Å². The van der Waals surface area contributed by atoms with Crippen LogP contribution >= 0.6 is 0 Å². The van der Waals surface area contributed by atoms with Crippen molar-refractivity contribution in [1.29, 1.82) is 0 Å². The molecule has 2 rings (SSSR count). The first-order valence-electron chi connectivity index (χ1n) is 4.94. The molecule has 0 aliphatic rings. The molecule has 0 spiro atoms. The summed E-state index contributed by atoms with van der Waals surface area (Å²) in [7, 11) is 0. The highest BCUT2D eigenvalue weighted by Gasteiger charge is 2.13. The Bertz CT molecular complexity index is 548. The van der Waals surface area contributed by atoms with Gasteiger partial charge in [0, 0.05) is 5.69 Å². The van der Waals surface area contributed by atoms with Gasteiger partial charge in [-0.15, -0.1) is 0 Å². The highest BCUT2D eigenvalue weighted by molar-refractivity contribution is 5.93. The van der Waals surface area contributed by atoms with E-state index in [1.807, 2.05) is 0 Å². The normalized spacial score (nSPS) is 10.7. The van der Waals surface area contributed by atoms with Crippen molar-refractivity contribution in [2.75, 3.05) is 6.61 Å². The van der Waals surface area contributed by atoms with Crippen LogP contribution in [0.3, 0.4) is 0 Å². The molecule has 0 saturated carbocycles. The fourth-order valence-electron chi connectivity index (χ4n) is 1.50. The third kappa shape index (κ3) is 1.76. The number of aromatic nitrogens is 2. The summed E-state index contributed by atoms with van der Waals surface area (Å²) in [6.07, 6.45) is 0. The fourth-order valence-corrected chi connectivity index (χ4v) is 1.50. The monoisotopic (exact) mass is 222 g/mol. The number of fused-ring (bicyclic) bond motifs is 1. The number of nitrogens with one attached hydrogen (secondary N) is 1. The molecule has 4 nitrogen and oxygen atoms in total. The lowest BCUT2D eigenvalue weighted by Gasteiger charge is -1.96. The van der Waals surface area contributed by atoms with Crippen LogP contribution in [-0.2, 0) is 4.74 Å². The van der Waals surface area contributed by atoms with Crippen LogP contribution in [0.15, 0.2) is 12.1 Å². The summed E-state index contributed by atoms with van der Waals surface area (Å²) < 4.78 is 18.3. The zero-order valence-electron chi connectivity index (χ0n) is 9.00. The first-order valence-corrected chi connectivity index (χ1v) is 4.94. The smallest absolute Gasteiger partial charge is 0.354 e. The maximum absolute atomic E-state index is 13.5. The van der Waals surface area contributed by atoms with E-state index >= 15 is 0 Å². The molecule has 16 heavy (non-hydrogen) atoms. The van der Waals surface area contributed by atoms with Crippen molar-refractivity contribution in [1.82, 2.24) is 9.97 Å². The van der Waals surface area contributed by atoms with Crippen LogP contribution in [0.2, 0.25) is 0 Å². The van der Waals surface area contributed by atoms with Crippen molar-refractivity contribution < 1.29 is 13.9 Å². The van der Waals surface area contributed by atoms with Gasteiger partial charge in [0.25, 0.3) is 0 Å². The molecule has 1 N–H and O–H groups in total. The van der Waals surface area contributed by atoms with Gasteiger partial charge in [0.05, 0.1) is 12.0 Å². The van der Waals surface area contributed by atoms with E-state index in [2.05, 4.69) is 9.97 Å². The number of ether oxygens (including phenoxy) is 1. The van der Waals surface area contributed by atoms with Crippen molar-refractivity contribution in [3.8, 4) is 0 Å². The summed E-state index contributed by atoms with van der Waals surface area (Å²) in [6.45, 7) is 3.68.